The van der Waals surface area contributed by atoms with Crippen LogP contribution in [0.5, 0.6) is 0 Å². The second-order valence-corrected chi connectivity index (χ2v) is 7.80. The summed E-state index contributed by atoms with van der Waals surface area (Å²) in [5.41, 5.74) is 2.49. The summed E-state index contributed by atoms with van der Waals surface area (Å²) in [6.45, 7) is 0. The minimum atomic E-state index is -0.425. The molecule has 0 unspecified atom stereocenters. The maximum absolute atomic E-state index is 12.7. The Labute approximate surface area is 172 Å². The van der Waals surface area contributed by atoms with E-state index in [1.807, 2.05) is 24.3 Å². The van der Waals surface area contributed by atoms with Gasteiger partial charge in [0.2, 0.25) is 0 Å². The van der Waals surface area contributed by atoms with E-state index in [1.54, 1.807) is 0 Å². The minimum Gasteiger partial charge on any atom is -0.276 e. The van der Waals surface area contributed by atoms with Crippen molar-refractivity contribution in [2.45, 2.75) is 0 Å². The van der Waals surface area contributed by atoms with Crippen molar-refractivity contribution in [2.24, 2.45) is 0 Å². The van der Waals surface area contributed by atoms with Gasteiger partial charge in [0.25, 0.3) is 5.24 Å². The van der Waals surface area contributed by atoms with Crippen LogP contribution in [0.3, 0.4) is 0 Å². The van der Waals surface area contributed by atoms with Gasteiger partial charge in [0.15, 0.2) is 0 Å². The molecule has 0 spiro atoms. The van der Waals surface area contributed by atoms with Crippen LogP contribution in [0.4, 0.5) is 0 Å². The second-order valence-electron chi connectivity index (χ2n) is 7.46. The molecule has 6 aromatic rings. The van der Waals surface area contributed by atoms with E-state index in [0.717, 1.165) is 38.1 Å². The molecular weight excluding hydrogens is 376 g/mol. The summed E-state index contributed by atoms with van der Waals surface area (Å²) in [7, 11) is 0. The number of carbonyl (C=O) groups is 1. The molecule has 0 aromatic heterocycles. The van der Waals surface area contributed by atoms with Crippen LogP contribution in [0, 0.1) is 0 Å². The maximum atomic E-state index is 12.7. The third kappa shape index (κ3) is 2.31. The highest BCUT2D eigenvalue weighted by atomic mass is 35.5. The average Bonchev–Trinajstić information content (AvgIpc) is 2.76. The molecule has 0 aliphatic carbocycles. The zero-order valence-corrected chi connectivity index (χ0v) is 16.2. The molecule has 6 aromatic carbocycles. The standard InChI is InChI=1S/C27H15ClO/c28-27(29)26-22-14-13-18-8-3-7-17-11-12-19(25(22)24(17)18)15-23(26)21-10-4-6-16-5-1-2-9-20(16)21/h1-15H. The molecule has 0 N–H and O–H groups in total. The van der Waals surface area contributed by atoms with Crippen LogP contribution in [0.25, 0.3) is 54.2 Å². The van der Waals surface area contributed by atoms with Crippen molar-refractivity contribution in [3.63, 3.8) is 0 Å². The lowest BCUT2D eigenvalue weighted by molar-refractivity contribution is 0.108. The fourth-order valence-electron chi connectivity index (χ4n) is 4.69. The third-order valence-electron chi connectivity index (χ3n) is 5.92. The number of hydrogen-bond donors (Lipinski definition) is 0. The van der Waals surface area contributed by atoms with Gasteiger partial charge >= 0.3 is 0 Å². The summed E-state index contributed by atoms with van der Waals surface area (Å²) in [6.07, 6.45) is 0. The first-order valence-corrected chi connectivity index (χ1v) is 9.99. The molecule has 6 rings (SSSR count). The van der Waals surface area contributed by atoms with Crippen molar-refractivity contribution in [3.05, 3.63) is 96.6 Å². The predicted octanol–water partition coefficient (Wildman–Crippen LogP) is 7.78. The van der Waals surface area contributed by atoms with Gasteiger partial charge < -0.3 is 0 Å². The summed E-state index contributed by atoms with van der Waals surface area (Å²) in [6, 6.07) is 31.2. The van der Waals surface area contributed by atoms with Crippen molar-refractivity contribution in [1.29, 1.82) is 0 Å². The molecule has 2 heteroatoms. The SMILES string of the molecule is O=C(Cl)c1c(-c2cccc3ccccc23)cc2ccc3cccc4ccc1c2c34. The fraction of sp³-hybridized carbons (Fsp3) is 0. The molecule has 0 aliphatic heterocycles. The number of halogens is 1. The number of hydrogen-bond acceptors (Lipinski definition) is 1. The van der Waals surface area contributed by atoms with Gasteiger partial charge in [-0.15, -0.1) is 0 Å². The van der Waals surface area contributed by atoms with E-state index >= 15 is 0 Å². The molecular formula is C27H15ClO. The normalized spacial score (nSPS) is 11.8. The van der Waals surface area contributed by atoms with Gasteiger partial charge in [0, 0.05) is 5.56 Å². The fourth-order valence-corrected chi connectivity index (χ4v) is 4.90. The quantitative estimate of drug-likeness (QED) is 0.218. The van der Waals surface area contributed by atoms with E-state index < -0.39 is 5.24 Å². The van der Waals surface area contributed by atoms with Gasteiger partial charge in [-0.1, -0.05) is 84.9 Å². The van der Waals surface area contributed by atoms with Gasteiger partial charge in [-0.25, -0.2) is 0 Å². The average molecular weight is 391 g/mol. The van der Waals surface area contributed by atoms with Crippen LogP contribution < -0.4 is 0 Å². The Morgan fingerprint density at radius 2 is 1.21 bits per heavy atom. The molecule has 0 bridgehead atoms. The van der Waals surface area contributed by atoms with Crippen LogP contribution in [0.1, 0.15) is 10.4 Å². The Morgan fingerprint density at radius 3 is 2.03 bits per heavy atom. The topological polar surface area (TPSA) is 17.1 Å². The summed E-state index contributed by atoms with van der Waals surface area (Å²) in [5, 5.41) is 8.50. The maximum Gasteiger partial charge on any atom is 0.253 e. The van der Waals surface area contributed by atoms with Crippen LogP contribution in [-0.4, -0.2) is 5.24 Å². The lowest BCUT2D eigenvalue weighted by atomic mass is 9.86. The molecule has 0 aliphatic rings. The molecule has 0 saturated carbocycles. The lowest BCUT2D eigenvalue weighted by Gasteiger charge is -2.17. The van der Waals surface area contributed by atoms with E-state index in [1.165, 1.54) is 16.2 Å². The Hall–Kier alpha value is -3.42. The van der Waals surface area contributed by atoms with Crippen LogP contribution in [-0.2, 0) is 0 Å². The third-order valence-corrected chi connectivity index (χ3v) is 6.11. The largest absolute Gasteiger partial charge is 0.276 e. The van der Waals surface area contributed by atoms with E-state index in [-0.39, 0.29) is 0 Å². The highest BCUT2D eigenvalue weighted by Crippen LogP contribution is 2.42. The number of benzene rings is 6. The van der Waals surface area contributed by atoms with Crippen molar-refractivity contribution in [3.8, 4) is 11.1 Å². The Morgan fingerprint density at radius 1 is 0.552 bits per heavy atom. The van der Waals surface area contributed by atoms with E-state index in [2.05, 4.69) is 66.7 Å². The highest BCUT2D eigenvalue weighted by molar-refractivity contribution is 6.69. The van der Waals surface area contributed by atoms with Crippen molar-refractivity contribution in [1.82, 2.24) is 0 Å². The van der Waals surface area contributed by atoms with Crippen LogP contribution in [0.2, 0.25) is 0 Å². The molecule has 136 valence electrons. The Kier molecular flexibility index (Phi) is 3.44. The van der Waals surface area contributed by atoms with Crippen molar-refractivity contribution >= 4 is 59.9 Å². The minimum absolute atomic E-state index is 0.425. The van der Waals surface area contributed by atoms with E-state index in [9.17, 15) is 4.79 Å². The number of carbonyl (C=O) groups excluding carboxylic acids is 1. The highest BCUT2D eigenvalue weighted by Gasteiger charge is 2.20. The molecule has 0 heterocycles. The first-order valence-electron chi connectivity index (χ1n) is 9.61. The monoisotopic (exact) mass is 390 g/mol. The number of fused-ring (bicyclic) bond motifs is 1. The second kappa shape index (κ2) is 6.04. The Bertz CT molecular complexity index is 1560. The lowest BCUT2D eigenvalue weighted by Crippen LogP contribution is -1.98. The van der Waals surface area contributed by atoms with Gasteiger partial charge in [0.05, 0.1) is 0 Å². The summed E-state index contributed by atoms with van der Waals surface area (Å²) >= 11 is 6.19. The predicted molar refractivity (Wildman–Crippen MR) is 123 cm³/mol. The first-order chi connectivity index (χ1) is 14.2. The summed E-state index contributed by atoms with van der Waals surface area (Å²) in [5.74, 6) is 0. The van der Waals surface area contributed by atoms with E-state index in [0.29, 0.717) is 5.56 Å². The van der Waals surface area contributed by atoms with Gasteiger partial charge in [-0.05, 0) is 71.9 Å². The van der Waals surface area contributed by atoms with Gasteiger partial charge in [-0.2, -0.15) is 0 Å². The van der Waals surface area contributed by atoms with E-state index in [4.69, 9.17) is 11.6 Å². The van der Waals surface area contributed by atoms with Gasteiger partial charge in [0.1, 0.15) is 0 Å². The molecule has 0 fully saturated rings. The molecule has 29 heavy (non-hydrogen) atoms. The smallest absolute Gasteiger partial charge is 0.253 e. The van der Waals surface area contributed by atoms with Gasteiger partial charge in [-0.3, -0.25) is 4.79 Å². The summed E-state index contributed by atoms with van der Waals surface area (Å²) < 4.78 is 0. The Balaban J connectivity index is 1.84. The number of rotatable bonds is 2. The van der Waals surface area contributed by atoms with Crippen molar-refractivity contribution < 1.29 is 4.79 Å². The van der Waals surface area contributed by atoms with Crippen LogP contribution >= 0.6 is 11.6 Å². The molecule has 0 amide bonds. The zero-order chi connectivity index (χ0) is 19.5. The first kappa shape index (κ1) is 16.5. The molecule has 0 atom stereocenters. The van der Waals surface area contributed by atoms with Crippen LogP contribution in [0.15, 0.2) is 91.0 Å². The summed E-state index contributed by atoms with van der Waals surface area (Å²) in [4.78, 5) is 12.7. The van der Waals surface area contributed by atoms with Crippen molar-refractivity contribution in [2.75, 3.05) is 0 Å². The molecule has 0 radical (unpaired) electrons. The molecule has 0 saturated heterocycles. The zero-order valence-electron chi connectivity index (χ0n) is 15.4. The molecule has 1 nitrogen and oxygen atoms in total.